The number of unbranched alkanes of at least 4 members (excludes halogenated alkanes) is 3. The number of carbonyl (C=O) groups is 2. The van der Waals surface area contributed by atoms with E-state index in [9.17, 15) is 9.59 Å². The van der Waals surface area contributed by atoms with Gasteiger partial charge in [-0.3, -0.25) is 9.59 Å². The molecule has 0 aromatic heterocycles. The fourth-order valence-electron chi connectivity index (χ4n) is 2.10. The van der Waals surface area contributed by atoms with Gasteiger partial charge in [-0.2, -0.15) is 5.10 Å². The molecule has 1 amide bonds. The van der Waals surface area contributed by atoms with Crippen molar-refractivity contribution < 1.29 is 14.3 Å². The molecule has 5 nitrogen and oxygen atoms in total. The van der Waals surface area contributed by atoms with E-state index in [1.54, 1.807) is 0 Å². The molecule has 1 fully saturated rings. The van der Waals surface area contributed by atoms with Crippen LogP contribution in [0.2, 0.25) is 0 Å². The summed E-state index contributed by atoms with van der Waals surface area (Å²) in [6.45, 7) is 0. The smallest absolute Gasteiger partial charge is 0.305 e. The number of nitrogens with one attached hydrogen (secondary N) is 1. The van der Waals surface area contributed by atoms with E-state index in [2.05, 4.69) is 15.3 Å². The number of carbonyl (C=O) groups excluding carboxylic acids is 2. The highest BCUT2D eigenvalue weighted by Crippen LogP contribution is 2.13. The van der Waals surface area contributed by atoms with Crippen molar-refractivity contribution in [3.8, 4) is 0 Å². The van der Waals surface area contributed by atoms with Crippen molar-refractivity contribution in [1.82, 2.24) is 5.43 Å². The second kappa shape index (κ2) is 9.53. The summed E-state index contributed by atoms with van der Waals surface area (Å²) in [4.78, 5) is 22.4. The fraction of sp³-hybridized carbons (Fsp3) is 0.786. The molecule has 0 bridgehead atoms. The minimum absolute atomic E-state index is 0.00707. The molecule has 0 aliphatic heterocycles. The lowest BCUT2D eigenvalue weighted by molar-refractivity contribution is -0.140. The molecule has 1 aliphatic rings. The molecule has 0 aromatic carbocycles. The number of ether oxygens (including phenoxy) is 1. The lowest BCUT2D eigenvalue weighted by Crippen LogP contribution is -2.18. The summed E-state index contributed by atoms with van der Waals surface area (Å²) in [5.74, 6) is -0.169. The van der Waals surface area contributed by atoms with E-state index >= 15 is 0 Å². The molecule has 0 spiro atoms. The summed E-state index contributed by atoms with van der Waals surface area (Å²) in [5, 5.41) is 4.13. The molecule has 0 heterocycles. The molecule has 1 N–H and O–H groups in total. The Kier molecular flexibility index (Phi) is 7.86. The number of hydrazone groups is 1. The van der Waals surface area contributed by atoms with Crippen LogP contribution in [0, 0.1) is 0 Å². The van der Waals surface area contributed by atoms with E-state index < -0.39 is 0 Å². The molecule has 0 unspecified atom stereocenters. The van der Waals surface area contributed by atoms with Gasteiger partial charge in [-0.1, -0.05) is 12.8 Å². The number of methoxy groups -OCH3 is 1. The van der Waals surface area contributed by atoms with Crippen LogP contribution in [0.4, 0.5) is 0 Å². The molecule has 1 aliphatic carbocycles. The number of hydrogen-bond acceptors (Lipinski definition) is 4. The van der Waals surface area contributed by atoms with Crippen LogP contribution < -0.4 is 5.43 Å². The average molecular weight is 268 g/mol. The molecule has 0 radical (unpaired) electrons. The minimum atomic E-state index is -0.162. The van der Waals surface area contributed by atoms with Gasteiger partial charge in [0.1, 0.15) is 0 Å². The van der Waals surface area contributed by atoms with Crippen molar-refractivity contribution in [2.75, 3.05) is 7.11 Å². The second-order valence-corrected chi connectivity index (χ2v) is 4.91. The van der Waals surface area contributed by atoms with E-state index in [0.717, 1.165) is 44.2 Å². The van der Waals surface area contributed by atoms with Gasteiger partial charge in [-0.15, -0.1) is 0 Å². The van der Waals surface area contributed by atoms with E-state index in [-0.39, 0.29) is 11.9 Å². The van der Waals surface area contributed by atoms with E-state index in [0.29, 0.717) is 12.8 Å². The quantitative estimate of drug-likeness (QED) is 0.418. The molecule has 0 aromatic rings. The van der Waals surface area contributed by atoms with Crippen LogP contribution in [-0.4, -0.2) is 24.7 Å². The number of esters is 1. The van der Waals surface area contributed by atoms with Gasteiger partial charge in [0.15, 0.2) is 0 Å². The highest BCUT2D eigenvalue weighted by atomic mass is 16.5. The largest absolute Gasteiger partial charge is 0.469 e. The summed E-state index contributed by atoms with van der Waals surface area (Å²) in [5.41, 5.74) is 3.73. The predicted octanol–water partition coefficient (Wildman–Crippen LogP) is 2.55. The van der Waals surface area contributed by atoms with Crippen molar-refractivity contribution in [2.45, 2.75) is 64.2 Å². The first-order valence-electron chi connectivity index (χ1n) is 7.13. The van der Waals surface area contributed by atoms with Crippen molar-refractivity contribution in [1.29, 1.82) is 0 Å². The Hall–Kier alpha value is -1.39. The standard InChI is InChI=1S/C14H24N2O3/c1-19-14(18)11-5-3-2-4-10-13(17)16-15-12-8-6-7-9-12/h2-11H2,1H3,(H,16,17). The van der Waals surface area contributed by atoms with Gasteiger partial charge in [0, 0.05) is 18.6 Å². The Labute approximate surface area is 114 Å². The monoisotopic (exact) mass is 268 g/mol. The van der Waals surface area contributed by atoms with Crippen LogP contribution in [0.1, 0.15) is 64.2 Å². The maximum Gasteiger partial charge on any atom is 0.305 e. The van der Waals surface area contributed by atoms with Gasteiger partial charge in [0.25, 0.3) is 0 Å². The molecule has 0 atom stereocenters. The topological polar surface area (TPSA) is 67.8 Å². The zero-order chi connectivity index (χ0) is 13.9. The maximum absolute atomic E-state index is 11.5. The number of hydrogen-bond donors (Lipinski definition) is 1. The summed E-state index contributed by atoms with van der Waals surface area (Å²) >= 11 is 0. The molecule has 108 valence electrons. The van der Waals surface area contributed by atoms with Gasteiger partial charge in [-0.05, 0) is 38.5 Å². The first-order chi connectivity index (χ1) is 9.22. The van der Waals surface area contributed by atoms with Crippen molar-refractivity contribution in [3.05, 3.63) is 0 Å². The highest BCUT2D eigenvalue weighted by molar-refractivity contribution is 5.87. The molecule has 0 saturated heterocycles. The first kappa shape index (κ1) is 15.7. The third kappa shape index (κ3) is 7.59. The molecule has 5 heteroatoms. The summed E-state index contributed by atoms with van der Waals surface area (Å²) in [6.07, 6.45) is 8.99. The predicted molar refractivity (Wildman–Crippen MR) is 73.8 cm³/mol. The van der Waals surface area contributed by atoms with Gasteiger partial charge in [-0.25, -0.2) is 5.43 Å². The second-order valence-electron chi connectivity index (χ2n) is 4.91. The number of amides is 1. The molecule has 1 rings (SSSR count). The van der Waals surface area contributed by atoms with E-state index in [1.165, 1.54) is 20.0 Å². The summed E-state index contributed by atoms with van der Waals surface area (Å²) in [6, 6.07) is 0. The minimum Gasteiger partial charge on any atom is -0.469 e. The van der Waals surface area contributed by atoms with Crippen molar-refractivity contribution in [2.24, 2.45) is 5.10 Å². The average Bonchev–Trinajstić information content (AvgIpc) is 2.93. The Morgan fingerprint density at radius 1 is 1.11 bits per heavy atom. The molecular weight excluding hydrogens is 244 g/mol. The van der Waals surface area contributed by atoms with Crippen molar-refractivity contribution in [3.63, 3.8) is 0 Å². The Balaban J connectivity index is 1.95. The Morgan fingerprint density at radius 2 is 1.74 bits per heavy atom. The van der Waals surface area contributed by atoms with Crippen LogP contribution in [0.25, 0.3) is 0 Å². The van der Waals surface area contributed by atoms with Crippen LogP contribution >= 0.6 is 0 Å². The SMILES string of the molecule is COC(=O)CCCCCCC(=O)NN=C1CCCC1. The molecule has 1 saturated carbocycles. The lowest BCUT2D eigenvalue weighted by Gasteiger charge is -2.02. The number of rotatable bonds is 8. The van der Waals surface area contributed by atoms with Crippen LogP contribution in [0.15, 0.2) is 5.10 Å². The third-order valence-corrected chi connectivity index (χ3v) is 3.28. The van der Waals surface area contributed by atoms with Gasteiger partial charge in [0.2, 0.25) is 5.91 Å². The Bertz CT molecular complexity index is 319. The highest BCUT2D eigenvalue weighted by Gasteiger charge is 2.08. The zero-order valence-electron chi connectivity index (χ0n) is 11.7. The summed E-state index contributed by atoms with van der Waals surface area (Å²) in [7, 11) is 1.40. The lowest BCUT2D eigenvalue weighted by atomic mass is 10.1. The Morgan fingerprint density at radius 3 is 2.37 bits per heavy atom. The zero-order valence-corrected chi connectivity index (χ0v) is 11.7. The fourth-order valence-corrected chi connectivity index (χ4v) is 2.10. The van der Waals surface area contributed by atoms with Crippen molar-refractivity contribution >= 4 is 17.6 Å². The van der Waals surface area contributed by atoms with E-state index in [1.807, 2.05) is 0 Å². The third-order valence-electron chi connectivity index (χ3n) is 3.28. The first-order valence-corrected chi connectivity index (χ1v) is 7.13. The van der Waals surface area contributed by atoms with Gasteiger partial charge in [0.05, 0.1) is 7.11 Å². The van der Waals surface area contributed by atoms with Gasteiger partial charge < -0.3 is 4.74 Å². The normalized spacial score (nSPS) is 14.3. The van der Waals surface area contributed by atoms with E-state index in [4.69, 9.17) is 0 Å². The number of nitrogens with zero attached hydrogens (tertiary/aromatic N) is 1. The van der Waals surface area contributed by atoms with Crippen LogP contribution in [0.3, 0.4) is 0 Å². The van der Waals surface area contributed by atoms with Gasteiger partial charge >= 0.3 is 5.97 Å². The van der Waals surface area contributed by atoms with Crippen LogP contribution in [-0.2, 0) is 14.3 Å². The maximum atomic E-state index is 11.5. The van der Waals surface area contributed by atoms with Crippen LogP contribution in [0.5, 0.6) is 0 Å². The molecule has 19 heavy (non-hydrogen) atoms. The molecular formula is C14H24N2O3. The summed E-state index contributed by atoms with van der Waals surface area (Å²) < 4.78 is 4.56.